The number of hydrogen-bond acceptors (Lipinski definition) is 2. The van der Waals surface area contributed by atoms with Gasteiger partial charge in [0, 0.05) is 6.92 Å². The number of halogens is 1. The van der Waals surface area contributed by atoms with Gasteiger partial charge in [0.2, 0.25) is 5.91 Å². The summed E-state index contributed by atoms with van der Waals surface area (Å²) >= 11 is 0. The summed E-state index contributed by atoms with van der Waals surface area (Å²) in [6, 6.07) is 4.23. The molecule has 0 radical (unpaired) electrons. The van der Waals surface area contributed by atoms with E-state index in [1.54, 1.807) is 0 Å². The predicted octanol–water partition coefficient (Wildman–Crippen LogP) is 0.806. The van der Waals surface area contributed by atoms with Gasteiger partial charge in [-0.3, -0.25) is 4.79 Å². The van der Waals surface area contributed by atoms with Crippen LogP contribution < -0.4 is 5.32 Å². The molecule has 0 spiro atoms. The topological polar surface area (TPSA) is 49.3 Å². The summed E-state index contributed by atoms with van der Waals surface area (Å²) in [7, 11) is 0. The van der Waals surface area contributed by atoms with Crippen LogP contribution in [0.15, 0.2) is 18.2 Å². The fourth-order valence-electron chi connectivity index (χ4n) is 1.07. The summed E-state index contributed by atoms with van der Waals surface area (Å²) in [5, 5.41) is 11.3. The van der Waals surface area contributed by atoms with E-state index in [0.717, 1.165) is 0 Å². The largest absolute Gasteiger partial charge is 0.392 e. The Hall–Kier alpha value is -1.86. The van der Waals surface area contributed by atoms with Gasteiger partial charge in [0.1, 0.15) is 5.82 Å². The minimum Gasteiger partial charge on any atom is -0.392 e. The number of aliphatic hydroxyl groups is 1. The molecule has 0 fully saturated rings. The molecule has 1 aromatic carbocycles. The molecule has 0 heterocycles. The summed E-state index contributed by atoms with van der Waals surface area (Å²) in [6.45, 7) is 1.41. The second-order valence-corrected chi connectivity index (χ2v) is 3.18. The number of amides is 1. The molecule has 0 aliphatic heterocycles. The van der Waals surface area contributed by atoms with E-state index >= 15 is 0 Å². The van der Waals surface area contributed by atoms with Gasteiger partial charge in [0.15, 0.2) is 0 Å². The highest BCUT2D eigenvalue weighted by Crippen LogP contribution is 2.09. The Labute approximate surface area is 93.3 Å². The molecule has 4 heteroatoms. The lowest BCUT2D eigenvalue weighted by atomic mass is 10.1. The van der Waals surface area contributed by atoms with E-state index in [1.807, 2.05) is 0 Å². The number of hydrogen-bond donors (Lipinski definition) is 2. The molecule has 0 saturated carbocycles. The fraction of sp³-hybridized carbons (Fsp3) is 0.250. The quantitative estimate of drug-likeness (QED) is 0.726. The number of rotatable bonds is 2. The van der Waals surface area contributed by atoms with E-state index in [9.17, 15) is 9.18 Å². The Morgan fingerprint density at radius 3 is 2.94 bits per heavy atom. The number of carbonyl (C=O) groups excluding carboxylic acids is 1. The second-order valence-electron chi connectivity index (χ2n) is 3.18. The molecule has 84 valence electrons. The van der Waals surface area contributed by atoms with Crippen LogP contribution in [0.1, 0.15) is 18.1 Å². The van der Waals surface area contributed by atoms with E-state index in [0.29, 0.717) is 5.56 Å². The van der Waals surface area contributed by atoms with Gasteiger partial charge in [0.05, 0.1) is 18.7 Å². The third-order valence-electron chi connectivity index (χ3n) is 1.86. The predicted molar refractivity (Wildman–Crippen MR) is 57.9 cm³/mol. The van der Waals surface area contributed by atoms with E-state index in [4.69, 9.17) is 5.11 Å². The molecule has 1 amide bonds. The average Bonchev–Trinajstić information content (AvgIpc) is 2.26. The Balaban J connectivity index is 2.75. The first-order chi connectivity index (χ1) is 7.63. The molecule has 3 nitrogen and oxygen atoms in total. The lowest BCUT2D eigenvalue weighted by Gasteiger charge is -1.98. The summed E-state index contributed by atoms with van der Waals surface area (Å²) in [4.78, 5) is 10.5. The van der Waals surface area contributed by atoms with Crippen LogP contribution in [0.2, 0.25) is 0 Å². The number of nitrogens with one attached hydrogen (secondary N) is 1. The summed E-state index contributed by atoms with van der Waals surface area (Å²) in [5.74, 6) is 4.59. The first-order valence-electron chi connectivity index (χ1n) is 4.76. The Kier molecular flexibility index (Phi) is 4.49. The van der Waals surface area contributed by atoms with Crippen molar-refractivity contribution in [2.75, 3.05) is 6.54 Å². The third kappa shape index (κ3) is 3.71. The smallest absolute Gasteiger partial charge is 0.217 e. The Bertz CT molecular complexity index is 446. The highest BCUT2D eigenvalue weighted by molar-refractivity contribution is 5.73. The normalized spacial score (nSPS) is 9.19. The van der Waals surface area contributed by atoms with Crippen molar-refractivity contribution in [3.05, 3.63) is 35.1 Å². The lowest BCUT2D eigenvalue weighted by Crippen LogP contribution is -2.19. The van der Waals surface area contributed by atoms with Crippen molar-refractivity contribution in [2.45, 2.75) is 13.5 Å². The standard InChI is InChI=1S/C12H12FNO2/c1-9(16)14-6-2-3-11-7-10(8-15)4-5-12(11)13/h4-5,7,15H,6,8H2,1H3,(H,14,16). The van der Waals surface area contributed by atoms with Crippen LogP contribution >= 0.6 is 0 Å². The van der Waals surface area contributed by atoms with Gasteiger partial charge in [-0.05, 0) is 17.7 Å². The number of carbonyl (C=O) groups is 1. The van der Waals surface area contributed by atoms with Gasteiger partial charge in [0.25, 0.3) is 0 Å². The fourth-order valence-corrected chi connectivity index (χ4v) is 1.07. The molecule has 2 N–H and O–H groups in total. The van der Waals surface area contributed by atoms with Crippen LogP contribution in [0.4, 0.5) is 4.39 Å². The monoisotopic (exact) mass is 221 g/mol. The summed E-state index contributed by atoms with van der Waals surface area (Å²) < 4.78 is 13.2. The molecule has 0 bridgehead atoms. The molecular formula is C12H12FNO2. The van der Waals surface area contributed by atoms with Crippen LogP contribution in [-0.2, 0) is 11.4 Å². The van der Waals surface area contributed by atoms with E-state index in [-0.39, 0.29) is 24.6 Å². The lowest BCUT2D eigenvalue weighted by molar-refractivity contribution is -0.118. The van der Waals surface area contributed by atoms with Gasteiger partial charge in [-0.25, -0.2) is 4.39 Å². The molecule has 0 saturated heterocycles. The molecule has 0 atom stereocenters. The van der Waals surface area contributed by atoms with Gasteiger partial charge in [-0.2, -0.15) is 0 Å². The van der Waals surface area contributed by atoms with Crippen molar-refractivity contribution in [3.8, 4) is 11.8 Å². The van der Waals surface area contributed by atoms with Gasteiger partial charge >= 0.3 is 0 Å². The molecular weight excluding hydrogens is 209 g/mol. The first kappa shape index (κ1) is 12.2. The first-order valence-corrected chi connectivity index (χ1v) is 4.76. The molecule has 0 unspecified atom stereocenters. The third-order valence-corrected chi connectivity index (χ3v) is 1.86. The average molecular weight is 221 g/mol. The van der Waals surface area contributed by atoms with Crippen molar-refractivity contribution in [3.63, 3.8) is 0 Å². The maximum absolute atomic E-state index is 13.2. The van der Waals surface area contributed by atoms with Crippen molar-refractivity contribution in [2.24, 2.45) is 0 Å². The molecule has 0 aliphatic carbocycles. The summed E-state index contributed by atoms with van der Waals surface area (Å²) in [5.41, 5.74) is 0.821. The maximum atomic E-state index is 13.2. The zero-order valence-electron chi connectivity index (χ0n) is 8.88. The van der Waals surface area contributed by atoms with Crippen LogP contribution in [0, 0.1) is 17.7 Å². The van der Waals surface area contributed by atoms with E-state index in [2.05, 4.69) is 17.2 Å². The zero-order chi connectivity index (χ0) is 12.0. The Morgan fingerprint density at radius 1 is 1.56 bits per heavy atom. The minimum atomic E-state index is -0.437. The minimum absolute atomic E-state index is 0.152. The van der Waals surface area contributed by atoms with Gasteiger partial charge in [-0.1, -0.05) is 17.9 Å². The molecule has 0 aliphatic rings. The van der Waals surface area contributed by atoms with Crippen molar-refractivity contribution in [1.29, 1.82) is 0 Å². The van der Waals surface area contributed by atoms with Crippen molar-refractivity contribution in [1.82, 2.24) is 5.32 Å². The molecule has 16 heavy (non-hydrogen) atoms. The van der Waals surface area contributed by atoms with Gasteiger partial charge < -0.3 is 10.4 Å². The summed E-state index contributed by atoms with van der Waals surface area (Å²) in [6.07, 6.45) is 0. The number of benzene rings is 1. The molecule has 1 aromatic rings. The SMILES string of the molecule is CC(=O)NCC#Cc1cc(CO)ccc1F. The number of aliphatic hydroxyl groups excluding tert-OH is 1. The van der Waals surface area contributed by atoms with Crippen LogP contribution in [0.3, 0.4) is 0 Å². The second kappa shape index (κ2) is 5.89. The molecule has 0 aromatic heterocycles. The van der Waals surface area contributed by atoms with Crippen molar-refractivity contribution >= 4 is 5.91 Å². The van der Waals surface area contributed by atoms with E-state index in [1.165, 1.54) is 25.1 Å². The highest BCUT2D eigenvalue weighted by Gasteiger charge is 1.99. The van der Waals surface area contributed by atoms with Crippen LogP contribution in [0.5, 0.6) is 0 Å². The molecule has 1 rings (SSSR count). The highest BCUT2D eigenvalue weighted by atomic mass is 19.1. The van der Waals surface area contributed by atoms with Crippen LogP contribution in [-0.4, -0.2) is 17.6 Å². The van der Waals surface area contributed by atoms with Gasteiger partial charge in [-0.15, -0.1) is 0 Å². The van der Waals surface area contributed by atoms with Crippen molar-refractivity contribution < 1.29 is 14.3 Å². The Morgan fingerprint density at radius 2 is 2.31 bits per heavy atom. The maximum Gasteiger partial charge on any atom is 0.217 e. The zero-order valence-corrected chi connectivity index (χ0v) is 8.88. The van der Waals surface area contributed by atoms with Crippen LogP contribution in [0.25, 0.3) is 0 Å². The van der Waals surface area contributed by atoms with E-state index < -0.39 is 5.82 Å².